The number of rotatable bonds is 5. The van der Waals surface area contributed by atoms with Gasteiger partial charge in [0.05, 0.1) is 29.9 Å². The Bertz CT molecular complexity index is 871. The molecule has 0 aromatic carbocycles. The van der Waals surface area contributed by atoms with Gasteiger partial charge in [0.15, 0.2) is 0 Å². The second kappa shape index (κ2) is 7.55. The molecule has 1 N–H and O–H groups in total. The van der Waals surface area contributed by atoms with Crippen LogP contribution in [-0.2, 0) is 28.4 Å². The molecule has 0 bridgehead atoms. The van der Waals surface area contributed by atoms with Gasteiger partial charge in [-0.25, -0.2) is 12.7 Å². The number of nitrogens with one attached hydrogen (secondary N) is 1. The van der Waals surface area contributed by atoms with Crippen LogP contribution in [0.1, 0.15) is 18.5 Å². The summed E-state index contributed by atoms with van der Waals surface area (Å²) in [6.07, 6.45) is 4.01. The average Bonchev–Trinajstić information content (AvgIpc) is 3.00. The third kappa shape index (κ3) is 4.28. The minimum atomic E-state index is -3.18. The summed E-state index contributed by atoms with van der Waals surface area (Å²) in [5.41, 5.74) is 2.47. The van der Waals surface area contributed by atoms with Gasteiger partial charge in [-0.3, -0.25) is 14.5 Å². The van der Waals surface area contributed by atoms with Gasteiger partial charge >= 0.3 is 0 Å². The molecule has 0 unspecified atom stereocenters. The van der Waals surface area contributed by atoms with Crippen molar-refractivity contribution in [3.05, 3.63) is 36.2 Å². The molecule has 0 radical (unpaired) electrons. The normalized spacial score (nSPS) is 16.5. The lowest BCUT2D eigenvalue weighted by molar-refractivity contribution is -0.126. The maximum atomic E-state index is 12.4. The van der Waals surface area contributed by atoms with Crippen LogP contribution in [0.5, 0.6) is 0 Å². The molecule has 26 heavy (non-hydrogen) atoms. The molecule has 1 saturated heterocycles. The van der Waals surface area contributed by atoms with E-state index in [4.69, 9.17) is 0 Å². The highest BCUT2D eigenvalue weighted by Crippen LogP contribution is 2.20. The highest BCUT2D eigenvalue weighted by Gasteiger charge is 2.28. The van der Waals surface area contributed by atoms with Crippen molar-refractivity contribution < 1.29 is 13.2 Å². The third-order valence-corrected chi connectivity index (χ3v) is 5.90. The summed E-state index contributed by atoms with van der Waals surface area (Å²) >= 11 is 0. The molecular formula is C17H23N5O3S. The molecule has 8 nitrogen and oxygen atoms in total. The van der Waals surface area contributed by atoms with Gasteiger partial charge in [0.2, 0.25) is 15.9 Å². The molecule has 0 atom stereocenters. The molecule has 1 amide bonds. The summed E-state index contributed by atoms with van der Waals surface area (Å²) in [6.45, 7) is 1.13. The van der Waals surface area contributed by atoms with E-state index in [0.717, 1.165) is 17.1 Å². The number of carbonyl (C=O) groups excluding carboxylic acids is 1. The van der Waals surface area contributed by atoms with Crippen LogP contribution in [0.15, 0.2) is 30.5 Å². The number of piperidine rings is 1. The lowest BCUT2D eigenvalue weighted by Gasteiger charge is -2.29. The summed E-state index contributed by atoms with van der Waals surface area (Å²) in [4.78, 5) is 16.7. The molecule has 9 heteroatoms. The van der Waals surface area contributed by atoms with E-state index in [1.54, 1.807) is 10.9 Å². The number of carbonyl (C=O) groups is 1. The van der Waals surface area contributed by atoms with E-state index in [1.807, 2.05) is 31.3 Å². The quantitative estimate of drug-likeness (QED) is 0.830. The smallest absolute Gasteiger partial charge is 0.223 e. The van der Waals surface area contributed by atoms with Crippen molar-refractivity contribution in [3.8, 4) is 11.4 Å². The lowest BCUT2D eigenvalue weighted by Crippen LogP contribution is -2.42. The first-order chi connectivity index (χ1) is 12.3. The monoisotopic (exact) mass is 377 g/mol. The standard InChI is InChI=1S/C17H23N5O3S/c1-21-16(15-5-3-4-8-18-15)11-14(20-21)12-19-17(23)13-6-9-22(10-7-13)26(2,24)25/h3-5,8,11,13H,6-7,9-10,12H2,1-2H3,(H,19,23). The predicted octanol–water partition coefficient (Wildman–Crippen LogP) is 0.770. The zero-order chi connectivity index (χ0) is 18.7. The van der Waals surface area contributed by atoms with Gasteiger partial charge in [0.25, 0.3) is 0 Å². The number of hydrogen-bond donors (Lipinski definition) is 1. The Kier molecular flexibility index (Phi) is 5.38. The van der Waals surface area contributed by atoms with Crippen LogP contribution in [0.3, 0.4) is 0 Å². The van der Waals surface area contributed by atoms with E-state index < -0.39 is 10.0 Å². The SMILES string of the molecule is Cn1nc(CNC(=O)C2CCN(S(C)(=O)=O)CC2)cc1-c1ccccn1. The van der Waals surface area contributed by atoms with Gasteiger partial charge < -0.3 is 5.32 Å². The number of nitrogens with zero attached hydrogens (tertiary/aromatic N) is 4. The van der Waals surface area contributed by atoms with E-state index in [0.29, 0.717) is 32.5 Å². The molecular weight excluding hydrogens is 354 g/mol. The minimum Gasteiger partial charge on any atom is -0.350 e. The highest BCUT2D eigenvalue weighted by atomic mass is 32.2. The molecule has 3 rings (SSSR count). The first-order valence-corrected chi connectivity index (χ1v) is 10.4. The fraction of sp³-hybridized carbons (Fsp3) is 0.471. The summed E-state index contributed by atoms with van der Waals surface area (Å²) in [7, 11) is -1.33. The maximum Gasteiger partial charge on any atom is 0.223 e. The van der Waals surface area contributed by atoms with Gasteiger partial charge in [-0.15, -0.1) is 0 Å². The summed E-state index contributed by atoms with van der Waals surface area (Å²) in [5.74, 6) is -0.213. The van der Waals surface area contributed by atoms with Crippen LogP contribution >= 0.6 is 0 Å². The Balaban J connectivity index is 1.56. The van der Waals surface area contributed by atoms with Crippen molar-refractivity contribution in [1.29, 1.82) is 0 Å². The predicted molar refractivity (Wildman–Crippen MR) is 97.4 cm³/mol. The summed E-state index contributed by atoms with van der Waals surface area (Å²) in [5, 5.41) is 7.33. The minimum absolute atomic E-state index is 0.0526. The fourth-order valence-corrected chi connectivity index (χ4v) is 4.01. The van der Waals surface area contributed by atoms with E-state index >= 15 is 0 Å². The van der Waals surface area contributed by atoms with Gasteiger partial charge in [-0.1, -0.05) is 6.07 Å². The van der Waals surface area contributed by atoms with Crippen molar-refractivity contribution >= 4 is 15.9 Å². The molecule has 0 spiro atoms. The topological polar surface area (TPSA) is 97.2 Å². The molecule has 3 heterocycles. The zero-order valence-corrected chi connectivity index (χ0v) is 15.7. The Labute approximate surface area is 153 Å². The van der Waals surface area contributed by atoms with Gasteiger partial charge in [0, 0.05) is 32.3 Å². The Morgan fingerprint density at radius 3 is 2.65 bits per heavy atom. The second-order valence-corrected chi connectivity index (χ2v) is 8.50. The lowest BCUT2D eigenvalue weighted by atomic mass is 9.97. The van der Waals surface area contributed by atoms with Gasteiger partial charge in [-0.2, -0.15) is 5.10 Å². The zero-order valence-electron chi connectivity index (χ0n) is 14.9. The van der Waals surface area contributed by atoms with E-state index in [1.165, 1.54) is 10.6 Å². The van der Waals surface area contributed by atoms with Crippen LogP contribution in [0, 0.1) is 5.92 Å². The van der Waals surface area contributed by atoms with Crippen molar-refractivity contribution in [2.75, 3.05) is 19.3 Å². The summed E-state index contributed by atoms with van der Waals surface area (Å²) in [6, 6.07) is 7.60. The second-order valence-electron chi connectivity index (χ2n) is 6.51. The average molecular weight is 377 g/mol. The van der Waals surface area contributed by atoms with Crippen LogP contribution in [0.4, 0.5) is 0 Å². The van der Waals surface area contributed by atoms with Crippen molar-refractivity contribution in [2.24, 2.45) is 13.0 Å². The molecule has 2 aromatic rings. The molecule has 1 aliphatic heterocycles. The fourth-order valence-electron chi connectivity index (χ4n) is 3.14. The number of aryl methyl sites for hydroxylation is 1. The van der Waals surface area contributed by atoms with Crippen molar-refractivity contribution in [2.45, 2.75) is 19.4 Å². The maximum absolute atomic E-state index is 12.4. The molecule has 1 aliphatic rings. The highest BCUT2D eigenvalue weighted by molar-refractivity contribution is 7.88. The number of pyridine rings is 1. The molecule has 1 fully saturated rings. The first kappa shape index (κ1) is 18.5. The molecule has 0 aliphatic carbocycles. The third-order valence-electron chi connectivity index (χ3n) is 4.60. The Morgan fingerprint density at radius 1 is 1.31 bits per heavy atom. The number of sulfonamides is 1. The summed E-state index contributed by atoms with van der Waals surface area (Å²) < 4.78 is 26.2. The van der Waals surface area contributed by atoms with E-state index in [-0.39, 0.29) is 11.8 Å². The van der Waals surface area contributed by atoms with E-state index in [2.05, 4.69) is 15.4 Å². The van der Waals surface area contributed by atoms with Crippen molar-refractivity contribution in [1.82, 2.24) is 24.4 Å². The molecule has 0 saturated carbocycles. The van der Waals surface area contributed by atoms with Gasteiger partial charge in [-0.05, 0) is 31.0 Å². The molecule has 140 valence electrons. The van der Waals surface area contributed by atoms with E-state index in [9.17, 15) is 13.2 Å². The molecule has 2 aromatic heterocycles. The Morgan fingerprint density at radius 2 is 2.04 bits per heavy atom. The van der Waals surface area contributed by atoms with Crippen LogP contribution in [0.2, 0.25) is 0 Å². The number of hydrogen-bond acceptors (Lipinski definition) is 5. The van der Waals surface area contributed by atoms with Crippen LogP contribution in [0.25, 0.3) is 11.4 Å². The number of amides is 1. The largest absolute Gasteiger partial charge is 0.350 e. The van der Waals surface area contributed by atoms with Crippen molar-refractivity contribution in [3.63, 3.8) is 0 Å². The number of aromatic nitrogens is 3. The van der Waals surface area contributed by atoms with Gasteiger partial charge in [0.1, 0.15) is 0 Å². The van der Waals surface area contributed by atoms with Crippen LogP contribution < -0.4 is 5.32 Å². The van der Waals surface area contributed by atoms with Crippen LogP contribution in [-0.4, -0.2) is 52.7 Å². The Hall–Kier alpha value is -2.26. The first-order valence-electron chi connectivity index (χ1n) is 8.52.